The summed E-state index contributed by atoms with van der Waals surface area (Å²) in [6.45, 7) is 0.878. The molecule has 1 aliphatic heterocycles. The van der Waals surface area contributed by atoms with E-state index in [9.17, 15) is 14.7 Å². The predicted octanol–water partition coefficient (Wildman–Crippen LogP) is 4.61. The van der Waals surface area contributed by atoms with E-state index in [1.54, 1.807) is 53.6 Å². The molecule has 7 nitrogen and oxygen atoms in total. The molecule has 1 aromatic heterocycles. The Morgan fingerprint density at radius 1 is 0.938 bits per heavy atom. The van der Waals surface area contributed by atoms with Crippen LogP contribution >= 0.6 is 15.9 Å². The van der Waals surface area contributed by atoms with Gasteiger partial charge in [0, 0.05) is 35.1 Å². The highest BCUT2D eigenvalue weighted by Crippen LogP contribution is 2.33. The Morgan fingerprint density at radius 2 is 1.62 bits per heavy atom. The van der Waals surface area contributed by atoms with Crippen molar-refractivity contribution in [2.24, 2.45) is 0 Å². The molecule has 0 radical (unpaired) electrons. The maximum Gasteiger partial charge on any atom is 0.321 e. The molecule has 8 heteroatoms. The molecule has 164 valence electrons. The molecule has 2 aromatic carbocycles. The van der Waals surface area contributed by atoms with Crippen molar-refractivity contribution in [1.82, 2.24) is 9.88 Å². The Hall–Kier alpha value is -3.23. The normalized spacial score (nSPS) is 15.1. The molecule has 0 spiro atoms. The summed E-state index contributed by atoms with van der Waals surface area (Å²) in [5, 5.41) is 16.7. The van der Waals surface area contributed by atoms with Crippen LogP contribution in [0.5, 0.6) is 0 Å². The zero-order valence-electron chi connectivity index (χ0n) is 17.3. The number of hydrogen-bond acceptors (Lipinski definition) is 4. The maximum absolute atomic E-state index is 12.7. The van der Waals surface area contributed by atoms with Crippen LogP contribution in [0.25, 0.3) is 0 Å². The van der Waals surface area contributed by atoms with Gasteiger partial charge in [0.05, 0.1) is 5.60 Å². The second kappa shape index (κ2) is 9.50. The van der Waals surface area contributed by atoms with E-state index in [4.69, 9.17) is 0 Å². The van der Waals surface area contributed by atoms with Crippen LogP contribution in [-0.2, 0) is 5.60 Å². The van der Waals surface area contributed by atoms with Crippen molar-refractivity contribution in [3.8, 4) is 0 Å². The topological polar surface area (TPSA) is 94.6 Å². The Kier molecular flexibility index (Phi) is 6.53. The van der Waals surface area contributed by atoms with Gasteiger partial charge in [0.2, 0.25) is 0 Å². The van der Waals surface area contributed by atoms with Crippen LogP contribution in [0, 0.1) is 0 Å². The van der Waals surface area contributed by atoms with Crippen molar-refractivity contribution >= 4 is 39.2 Å². The highest BCUT2D eigenvalue weighted by molar-refractivity contribution is 9.10. The van der Waals surface area contributed by atoms with Crippen LogP contribution < -0.4 is 10.6 Å². The number of aromatic nitrogens is 1. The first kappa shape index (κ1) is 22.0. The number of carbonyl (C=O) groups is 2. The quantitative estimate of drug-likeness (QED) is 0.493. The van der Waals surface area contributed by atoms with Gasteiger partial charge in [0.1, 0.15) is 5.69 Å². The van der Waals surface area contributed by atoms with Gasteiger partial charge in [-0.2, -0.15) is 0 Å². The van der Waals surface area contributed by atoms with Crippen LogP contribution in [0.15, 0.2) is 77.4 Å². The minimum Gasteiger partial charge on any atom is -0.385 e. The van der Waals surface area contributed by atoms with Crippen molar-refractivity contribution in [2.45, 2.75) is 18.4 Å². The average Bonchev–Trinajstić information content (AvgIpc) is 2.80. The molecule has 1 fully saturated rings. The van der Waals surface area contributed by atoms with Gasteiger partial charge in [-0.05, 0) is 60.9 Å². The lowest BCUT2D eigenvalue weighted by Gasteiger charge is -2.38. The smallest absolute Gasteiger partial charge is 0.321 e. The largest absolute Gasteiger partial charge is 0.385 e. The maximum atomic E-state index is 12.7. The van der Waals surface area contributed by atoms with Gasteiger partial charge in [0.15, 0.2) is 0 Å². The first-order valence-electron chi connectivity index (χ1n) is 10.3. The Balaban J connectivity index is 1.35. The number of nitrogens with zero attached hydrogens (tertiary/aromatic N) is 2. The first-order chi connectivity index (χ1) is 15.4. The fourth-order valence-corrected chi connectivity index (χ4v) is 3.96. The van der Waals surface area contributed by atoms with Gasteiger partial charge in [0.25, 0.3) is 5.91 Å². The molecule has 0 bridgehead atoms. The predicted molar refractivity (Wildman–Crippen MR) is 126 cm³/mol. The molecule has 32 heavy (non-hydrogen) atoms. The number of rotatable bonds is 4. The van der Waals surface area contributed by atoms with Crippen molar-refractivity contribution in [2.75, 3.05) is 23.7 Å². The molecule has 0 saturated carbocycles. The van der Waals surface area contributed by atoms with E-state index in [2.05, 4.69) is 31.5 Å². The van der Waals surface area contributed by atoms with E-state index in [-0.39, 0.29) is 11.9 Å². The van der Waals surface area contributed by atoms with E-state index in [0.717, 1.165) is 10.0 Å². The molecule has 3 aromatic rings. The SMILES string of the molecule is O=C(Nc1cccc(NC(=O)N2CCC(O)(c3ccc(Br)cc3)CC2)c1)c1ccccn1. The van der Waals surface area contributed by atoms with Crippen LogP contribution in [0.4, 0.5) is 16.2 Å². The lowest BCUT2D eigenvalue weighted by atomic mass is 9.84. The third-order valence-corrected chi connectivity index (χ3v) is 6.06. The fraction of sp³-hybridized carbons (Fsp3) is 0.208. The number of piperidine rings is 1. The lowest BCUT2D eigenvalue weighted by molar-refractivity contribution is -0.0157. The summed E-state index contributed by atoms with van der Waals surface area (Å²) in [5.74, 6) is -0.322. The molecule has 3 amide bonds. The van der Waals surface area contributed by atoms with Crippen molar-refractivity contribution in [3.05, 3.63) is 88.7 Å². The lowest BCUT2D eigenvalue weighted by Crippen LogP contribution is -2.46. The Labute approximate surface area is 194 Å². The molecular formula is C24H23BrN4O3. The molecule has 1 saturated heterocycles. The van der Waals surface area contributed by atoms with Crippen LogP contribution in [0.1, 0.15) is 28.9 Å². The second-order valence-electron chi connectivity index (χ2n) is 7.71. The van der Waals surface area contributed by atoms with E-state index < -0.39 is 5.60 Å². The number of aliphatic hydroxyl groups is 1. The summed E-state index contributed by atoms with van der Waals surface area (Å²) >= 11 is 3.41. The zero-order valence-corrected chi connectivity index (χ0v) is 18.9. The first-order valence-corrected chi connectivity index (χ1v) is 11.1. The number of urea groups is 1. The van der Waals surface area contributed by atoms with E-state index >= 15 is 0 Å². The molecule has 0 unspecified atom stereocenters. The average molecular weight is 495 g/mol. The number of halogens is 1. The number of hydrogen-bond donors (Lipinski definition) is 3. The van der Waals surface area contributed by atoms with E-state index in [1.807, 2.05) is 24.3 Å². The third-order valence-electron chi connectivity index (χ3n) is 5.53. The molecule has 1 aliphatic rings. The number of nitrogens with one attached hydrogen (secondary N) is 2. The Bertz CT molecular complexity index is 1100. The molecular weight excluding hydrogens is 472 g/mol. The monoisotopic (exact) mass is 494 g/mol. The Morgan fingerprint density at radius 3 is 2.28 bits per heavy atom. The number of carbonyl (C=O) groups excluding carboxylic acids is 2. The zero-order chi connectivity index (χ0) is 22.6. The fourth-order valence-electron chi connectivity index (χ4n) is 3.70. The summed E-state index contributed by atoms with van der Waals surface area (Å²) < 4.78 is 0.958. The minimum atomic E-state index is -0.937. The summed E-state index contributed by atoms with van der Waals surface area (Å²) in [5.41, 5.74) is 1.36. The van der Waals surface area contributed by atoms with Gasteiger partial charge < -0.3 is 20.6 Å². The molecule has 0 aliphatic carbocycles. The van der Waals surface area contributed by atoms with Crippen molar-refractivity contribution in [1.29, 1.82) is 0 Å². The number of benzene rings is 2. The summed E-state index contributed by atoms with van der Waals surface area (Å²) in [6.07, 6.45) is 2.48. The molecule has 2 heterocycles. The molecule has 3 N–H and O–H groups in total. The highest BCUT2D eigenvalue weighted by Gasteiger charge is 2.35. The van der Waals surface area contributed by atoms with Crippen LogP contribution in [0.3, 0.4) is 0 Å². The second-order valence-corrected chi connectivity index (χ2v) is 8.62. The third kappa shape index (κ3) is 5.15. The summed E-state index contributed by atoms with van der Waals surface area (Å²) in [4.78, 5) is 30.8. The van der Waals surface area contributed by atoms with Crippen LogP contribution in [0.2, 0.25) is 0 Å². The van der Waals surface area contributed by atoms with E-state index in [1.165, 1.54) is 0 Å². The molecule has 4 rings (SSSR count). The summed E-state index contributed by atoms with van der Waals surface area (Å²) in [6, 6.07) is 19.5. The number of anilines is 2. The minimum absolute atomic E-state index is 0.240. The van der Waals surface area contributed by atoms with E-state index in [0.29, 0.717) is 43.0 Å². The number of pyridine rings is 1. The van der Waals surface area contributed by atoms with Crippen molar-refractivity contribution < 1.29 is 14.7 Å². The summed E-state index contributed by atoms with van der Waals surface area (Å²) in [7, 11) is 0. The van der Waals surface area contributed by atoms with Gasteiger partial charge in [-0.25, -0.2) is 4.79 Å². The standard InChI is InChI=1S/C24H23BrN4O3/c25-18-9-7-17(8-10-18)24(32)11-14-29(15-12-24)23(31)28-20-5-3-4-19(16-20)27-22(30)21-6-1-2-13-26-21/h1-10,13,16,32H,11-12,14-15H2,(H,27,30)(H,28,31). The van der Waals surface area contributed by atoms with Gasteiger partial charge >= 0.3 is 6.03 Å². The van der Waals surface area contributed by atoms with Gasteiger partial charge in [-0.3, -0.25) is 9.78 Å². The van der Waals surface area contributed by atoms with Gasteiger partial charge in [-0.1, -0.05) is 40.2 Å². The number of amides is 3. The van der Waals surface area contributed by atoms with Crippen LogP contribution in [-0.4, -0.2) is 40.0 Å². The molecule has 0 atom stereocenters. The van der Waals surface area contributed by atoms with Crippen molar-refractivity contribution in [3.63, 3.8) is 0 Å². The number of likely N-dealkylation sites (tertiary alicyclic amines) is 1. The van der Waals surface area contributed by atoms with Gasteiger partial charge in [-0.15, -0.1) is 0 Å². The highest BCUT2D eigenvalue weighted by atomic mass is 79.9.